The Hall–Kier alpha value is -1.78. The van der Waals surface area contributed by atoms with Crippen LogP contribution < -0.4 is 0 Å². The molecule has 0 saturated carbocycles. The number of carbonyl (C=O) groups is 2. The number of thiazole rings is 1. The maximum absolute atomic E-state index is 12.5. The number of hydrogen-bond donors (Lipinski definition) is 0. The van der Waals surface area contributed by atoms with Crippen molar-refractivity contribution in [3.05, 3.63) is 16.1 Å². The minimum Gasteiger partial charge on any atom is -0.383 e. The van der Waals surface area contributed by atoms with E-state index in [4.69, 9.17) is 4.74 Å². The van der Waals surface area contributed by atoms with Crippen molar-refractivity contribution in [1.29, 1.82) is 5.26 Å². The zero-order valence-corrected chi connectivity index (χ0v) is 12.9. The van der Waals surface area contributed by atoms with E-state index in [0.29, 0.717) is 24.7 Å². The zero-order chi connectivity index (χ0) is 15.4. The Morgan fingerprint density at radius 1 is 1.71 bits per heavy atom. The maximum atomic E-state index is 12.5. The monoisotopic (exact) mass is 307 g/mol. The Morgan fingerprint density at radius 2 is 2.48 bits per heavy atom. The number of aryl methyl sites for hydroxylation is 1. The summed E-state index contributed by atoms with van der Waals surface area (Å²) in [5.74, 6) is -1.57. The lowest BCUT2D eigenvalue weighted by molar-refractivity contribution is -0.129. The number of rotatable bonds is 6. The molecule has 21 heavy (non-hydrogen) atoms. The summed E-state index contributed by atoms with van der Waals surface area (Å²) in [5, 5.41) is 11.6. The van der Waals surface area contributed by atoms with Gasteiger partial charge in [0.2, 0.25) is 5.91 Å². The second-order valence-electron chi connectivity index (χ2n) is 5.03. The third-order valence-corrected chi connectivity index (χ3v) is 4.51. The van der Waals surface area contributed by atoms with Crippen LogP contribution in [0.3, 0.4) is 0 Å². The normalized spacial score (nSPS) is 19.6. The molecule has 1 aromatic heterocycles. The average molecular weight is 307 g/mol. The molecule has 1 fully saturated rings. The lowest BCUT2D eigenvalue weighted by Crippen LogP contribution is -2.30. The molecule has 6 nitrogen and oxygen atoms in total. The first-order chi connectivity index (χ1) is 10.1. The third-order valence-electron chi connectivity index (χ3n) is 3.48. The molecule has 0 aliphatic carbocycles. The van der Waals surface area contributed by atoms with Crippen LogP contribution in [0.2, 0.25) is 0 Å². The standard InChI is InChI=1S/C14H17N3O3S/c1-9-8-21-14(16-9)11(6-15)13(19)10-5-12(18)17(7-10)3-4-20-2/h8,10-11H,3-5,7H2,1-2H3/t10-,11+/m1/s1. The molecular formula is C14H17N3O3S. The predicted octanol–water partition coefficient (Wildman–Crippen LogP) is 1.12. The number of amides is 1. The Kier molecular flexibility index (Phi) is 5.04. The van der Waals surface area contributed by atoms with E-state index < -0.39 is 11.8 Å². The SMILES string of the molecule is COCCN1C[C@H](C(=O)[C@H](C#N)c2nc(C)cs2)CC1=O. The Balaban J connectivity index is 2.06. The summed E-state index contributed by atoms with van der Waals surface area (Å²) in [6.45, 7) is 3.11. The van der Waals surface area contributed by atoms with Gasteiger partial charge < -0.3 is 9.64 Å². The molecule has 112 valence electrons. The smallest absolute Gasteiger partial charge is 0.223 e. The van der Waals surface area contributed by atoms with Gasteiger partial charge in [0.05, 0.1) is 12.7 Å². The molecule has 0 radical (unpaired) electrons. The lowest BCUT2D eigenvalue weighted by atomic mass is 9.93. The second-order valence-corrected chi connectivity index (χ2v) is 5.91. The molecule has 0 spiro atoms. The number of ether oxygens (including phenoxy) is 1. The molecule has 2 heterocycles. The fraction of sp³-hybridized carbons (Fsp3) is 0.571. The molecule has 0 aromatic carbocycles. The summed E-state index contributed by atoms with van der Waals surface area (Å²) >= 11 is 1.31. The van der Waals surface area contributed by atoms with Gasteiger partial charge in [-0.2, -0.15) is 5.26 Å². The minimum atomic E-state index is -0.871. The first kappa shape index (κ1) is 15.6. The molecule has 0 bridgehead atoms. The van der Waals surface area contributed by atoms with E-state index in [-0.39, 0.29) is 18.1 Å². The number of aromatic nitrogens is 1. The van der Waals surface area contributed by atoms with E-state index >= 15 is 0 Å². The summed E-state index contributed by atoms with van der Waals surface area (Å²) in [4.78, 5) is 30.2. The summed E-state index contributed by atoms with van der Waals surface area (Å²) in [6.07, 6.45) is 0.172. The molecule has 1 aliphatic rings. The Morgan fingerprint density at radius 3 is 3.05 bits per heavy atom. The van der Waals surface area contributed by atoms with Gasteiger partial charge in [-0.05, 0) is 6.92 Å². The number of carbonyl (C=O) groups excluding carboxylic acids is 2. The van der Waals surface area contributed by atoms with Crippen LogP contribution in [0.4, 0.5) is 0 Å². The van der Waals surface area contributed by atoms with Crippen LogP contribution in [0.15, 0.2) is 5.38 Å². The van der Waals surface area contributed by atoms with Crippen LogP contribution in [-0.4, -0.2) is 48.4 Å². The van der Waals surface area contributed by atoms with E-state index in [1.54, 1.807) is 12.0 Å². The van der Waals surface area contributed by atoms with Crippen LogP contribution in [0.25, 0.3) is 0 Å². The van der Waals surface area contributed by atoms with Gasteiger partial charge in [-0.1, -0.05) is 0 Å². The first-order valence-corrected chi connectivity index (χ1v) is 7.56. The van der Waals surface area contributed by atoms with Gasteiger partial charge in [-0.3, -0.25) is 9.59 Å². The van der Waals surface area contributed by atoms with Crippen molar-refractivity contribution < 1.29 is 14.3 Å². The van der Waals surface area contributed by atoms with Gasteiger partial charge in [0.15, 0.2) is 11.7 Å². The topological polar surface area (TPSA) is 83.3 Å². The highest BCUT2D eigenvalue weighted by Gasteiger charge is 2.38. The van der Waals surface area contributed by atoms with E-state index in [2.05, 4.69) is 4.98 Å². The van der Waals surface area contributed by atoms with E-state index in [1.807, 2.05) is 18.4 Å². The predicted molar refractivity (Wildman–Crippen MR) is 76.8 cm³/mol. The second kappa shape index (κ2) is 6.78. The van der Waals surface area contributed by atoms with Crippen molar-refractivity contribution in [3.8, 4) is 6.07 Å². The number of nitriles is 1. The third kappa shape index (κ3) is 3.46. The van der Waals surface area contributed by atoms with Gasteiger partial charge >= 0.3 is 0 Å². The molecule has 7 heteroatoms. The van der Waals surface area contributed by atoms with Crippen molar-refractivity contribution in [1.82, 2.24) is 9.88 Å². The molecule has 2 atom stereocenters. The first-order valence-electron chi connectivity index (χ1n) is 6.69. The fourth-order valence-electron chi connectivity index (χ4n) is 2.36. The van der Waals surface area contributed by atoms with Gasteiger partial charge in [0.1, 0.15) is 5.01 Å². The van der Waals surface area contributed by atoms with Crippen LogP contribution in [0.1, 0.15) is 23.0 Å². The number of Topliss-reactive ketones (excluding diaryl/α,β-unsaturated/α-hetero) is 1. The van der Waals surface area contributed by atoms with Crippen molar-refractivity contribution in [3.63, 3.8) is 0 Å². The van der Waals surface area contributed by atoms with Crippen LogP contribution in [-0.2, 0) is 14.3 Å². The van der Waals surface area contributed by atoms with Gasteiger partial charge in [-0.15, -0.1) is 11.3 Å². The number of hydrogen-bond acceptors (Lipinski definition) is 6. The van der Waals surface area contributed by atoms with E-state index in [9.17, 15) is 14.9 Å². The highest BCUT2D eigenvalue weighted by molar-refractivity contribution is 7.09. The molecular weight excluding hydrogens is 290 g/mol. The van der Waals surface area contributed by atoms with Crippen molar-refractivity contribution >= 4 is 23.0 Å². The van der Waals surface area contributed by atoms with Crippen molar-refractivity contribution in [2.24, 2.45) is 5.92 Å². The molecule has 0 unspecified atom stereocenters. The van der Waals surface area contributed by atoms with Gasteiger partial charge in [0.25, 0.3) is 0 Å². The number of ketones is 1. The molecule has 1 saturated heterocycles. The highest BCUT2D eigenvalue weighted by atomic mass is 32.1. The lowest BCUT2D eigenvalue weighted by Gasteiger charge is -2.16. The maximum Gasteiger partial charge on any atom is 0.223 e. The average Bonchev–Trinajstić information content (AvgIpc) is 3.04. The molecule has 0 N–H and O–H groups in total. The highest BCUT2D eigenvalue weighted by Crippen LogP contribution is 2.28. The Labute approximate surface area is 127 Å². The summed E-state index contributed by atoms with van der Waals surface area (Å²) in [7, 11) is 1.57. The molecule has 2 rings (SSSR count). The number of methoxy groups -OCH3 is 1. The van der Waals surface area contributed by atoms with Gasteiger partial charge in [0, 0.05) is 43.6 Å². The quantitative estimate of drug-likeness (QED) is 0.786. The summed E-state index contributed by atoms with van der Waals surface area (Å²) in [5.41, 5.74) is 0.798. The van der Waals surface area contributed by atoms with Crippen LogP contribution in [0.5, 0.6) is 0 Å². The number of likely N-dealkylation sites (tertiary alicyclic amines) is 1. The van der Waals surface area contributed by atoms with E-state index in [0.717, 1.165) is 5.69 Å². The number of nitrogens with zero attached hydrogens (tertiary/aromatic N) is 3. The zero-order valence-electron chi connectivity index (χ0n) is 12.0. The Bertz CT molecular complexity index is 578. The van der Waals surface area contributed by atoms with Crippen LogP contribution >= 0.6 is 11.3 Å². The largest absolute Gasteiger partial charge is 0.383 e. The fourth-order valence-corrected chi connectivity index (χ4v) is 3.21. The van der Waals surface area contributed by atoms with Crippen molar-refractivity contribution in [2.75, 3.05) is 26.8 Å². The van der Waals surface area contributed by atoms with Gasteiger partial charge in [-0.25, -0.2) is 4.98 Å². The van der Waals surface area contributed by atoms with Crippen LogP contribution in [0, 0.1) is 24.2 Å². The van der Waals surface area contributed by atoms with E-state index in [1.165, 1.54) is 11.3 Å². The molecule has 1 aliphatic heterocycles. The molecule has 1 aromatic rings. The summed E-state index contributed by atoms with van der Waals surface area (Å²) in [6, 6.07) is 2.03. The minimum absolute atomic E-state index is 0.0580. The summed E-state index contributed by atoms with van der Waals surface area (Å²) < 4.78 is 4.95. The van der Waals surface area contributed by atoms with Crippen molar-refractivity contribution in [2.45, 2.75) is 19.3 Å². The molecule has 1 amide bonds.